The van der Waals surface area contributed by atoms with Crippen molar-refractivity contribution in [1.82, 2.24) is 0 Å². The van der Waals surface area contributed by atoms with Crippen molar-refractivity contribution in [2.75, 3.05) is 13.2 Å². The monoisotopic (exact) mass is 941 g/mol. The van der Waals surface area contributed by atoms with E-state index in [4.69, 9.17) is 28.4 Å². The summed E-state index contributed by atoms with van der Waals surface area (Å²) in [4.78, 5) is 26.3. The minimum absolute atomic E-state index is 0.0830. The van der Waals surface area contributed by atoms with E-state index < -0.39 is 116 Å². The Morgan fingerprint density at radius 2 is 1.35 bits per heavy atom. The van der Waals surface area contributed by atoms with Crippen molar-refractivity contribution in [3.05, 3.63) is 11.6 Å². The molecule has 8 rings (SSSR count). The molecule has 18 heteroatoms. The number of aliphatic hydroxyl groups excluding tert-OH is 9. The topological polar surface area (TPSA) is 292 Å². The molecule has 0 spiro atoms. The predicted molar refractivity (Wildman–Crippen MR) is 230 cm³/mol. The number of carbonyl (C=O) groups excluding carboxylic acids is 1. The zero-order valence-corrected chi connectivity index (χ0v) is 39.6. The van der Waals surface area contributed by atoms with Crippen LogP contribution >= 0.6 is 0 Å². The second kappa shape index (κ2) is 17.5. The summed E-state index contributed by atoms with van der Waals surface area (Å²) in [5.74, 6) is -0.928. The molecule has 5 aliphatic carbocycles. The molecule has 24 atom stereocenters. The lowest BCUT2D eigenvalue weighted by Gasteiger charge is -2.71. The van der Waals surface area contributed by atoms with Gasteiger partial charge >= 0.3 is 5.97 Å². The number of hydrogen-bond acceptors (Lipinski definition) is 17. The van der Waals surface area contributed by atoms with E-state index in [1.807, 2.05) is 6.92 Å². The van der Waals surface area contributed by atoms with Gasteiger partial charge in [-0.3, -0.25) is 4.79 Å². The van der Waals surface area contributed by atoms with Gasteiger partial charge in [0.1, 0.15) is 66.8 Å². The van der Waals surface area contributed by atoms with Gasteiger partial charge in [-0.2, -0.15) is 0 Å². The molecule has 3 saturated heterocycles. The molecule has 376 valence electrons. The normalized spacial score (nSPS) is 54.8. The van der Waals surface area contributed by atoms with Crippen LogP contribution in [0, 0.1) is 50.2 Å². The van der Waals surface area contributed by atoms with Crippen LogP contribution in [0.1, 0.15) is 113 Å². The Hall–Kier alpha value is -1.72. The molecule has 66 heavy (non-hydrogen) atoms. The first-order valence-electron chi connectivity index (χ1n) is 24.1. The molecule has 7 fully saturated rings. The maximum absolute atomic E-state index is 13.8. The number of ether oxygens (including phenoxy) is 6. The van der Waals surface area contributed by atoms with Crippen LogP contribution in [0.4, 0.5) is 0 Å². The summed E-state index contributed by atoms with van der Waals surface area (Å²) in [6.07, 6.45) is -17.8. The van der Waals surface area contributed by atoms with Crippen LogP contribution < -0.4 is 0 Å². The fourth-order valence-electron chi connectivity index (χ4n) is 14.9. The van der Waals surface area contributed by atoms with Crippen LogP contribution in [0.5, 0.6) is 0 Å². The average molecular weight is 941 g/mol. The number of carboxylic acids is 1. The number of aliphatic carboxylic acids is 1. The van der Waals surface area contributed by atoms with Gasteiger partial charge in [0.2, 0.25) is 0 Å². The van der Waals surface area contributed by atoms with Gasteiger partial charge in [-0.05, 0) is 97.7 Å². The van der Waals surface area contributed by atoms with Crippen LogP contribution in [0.2, 0.25) is 0 Å². The third kappa shape index (κ3) is 7.70. The summed E-state index contributed by atoms with van der Waals surface area (Å²) in [5.41, 5.74) is -0.509. The maximum Gasteiger partial charge on any atom is 0.335 e. The lowest BCUT2D eigenvalue weighted by atomic mass is 9.33. The summed E-state index contributed by atoms with van der Waals surface area (Å²) in [6.45, 7) is 16.0. The highest BCUT2D eigenvalue weighted by Crippen LogP contribution is 2.75. The van der Waals surface area contributed by atoms with Gasteiger partial charge in [-0.25, -0.2) is 4.79 Å². The van der Waals surface area contributed by atoms with Crippen molar-refractivity contribution in [2.45, 2.75) is 211 Å². The molecule has 0 aromatic rings. The van der Waals surface area contributed by atoms with E-state index >= 15 is 0 Å². The maximum atomic E-state index is 13.8. The van der Waals surface area contributed by atoms with Crippen LogP contribution in [0.15, 0.2) is 11.6 Å². The van der Waals surface area contributed by atoms with E-state index in [1.165, 1.54) is 12.5 Å². The summed E-state index contributed by atoms with van der Waals surface area (Å²) in [7, 11) is 0. The molecule has 2 unspecified atom stereocenters. The first-order valence-corrected chi connectivity index (χ1v) is 24.1. The summed E-state index contributed by atoms with van der Waals surface area (Å²) in [5, 5.41) is 108. The highest BCUT2D eigenvalue weighted by atomic mass is 16.8. The molecule has 0 aromatic carbocycles. The lowest BCUT2D eigenvalue weighted by molar-refractivity contribution is -0.396. The number of Topliss-reactive ketones (excluding diaryl/α,β-unsaturated/α-hetero) is 1. The van der Waals surface area contributed by atoms with Gasteiger partial charge in [0.25, 0.3) is 0 Å². The fraction of sp³-hybridized carbons (Fsp3) is 0.917. The summed E-state index contributed by atoms with van der Waals surface area (Å²) in [6, 6.07) is 0. The zero-order chi connectivity index (χ0) is 48.4. The van der Waals surface area contributed by atoms with Crippen LogP contribution in [0.3, 0.4) is 0 Å². The molecule has 8 aliphatic rings. The fourth-order valence-corrected chi connectivity index (χ4v) is 14.9. The quantitative estimate of drug-likeness (QED) is 0.114. The van der Waals surface area contributed by atoms with Crippen molar-refractivity contribution in [3.8, 4) is 0 Å². The second-order valence-electron chi connectivity index (χ2n) is 23.4. The Bertz CT molecular complexity index is 1860. The highest BCUT2D eigenvalue weighted by Gasteiger charge is 2.70. The van der Waals surface area contributed by atoms with Gasteiger partial charge in [0.05, 0.1) is 25.4 Å². The van der Waals surface area contributed by atoms with Crippen molar-refractivity contribution in [2.24, 2.45) is 50.2 Å². The molecule has 0 aromatic heterocycles. The molecule has 4 saturated carbocycles. The largest absolute Gasteiger partial charge is 0.479 e. The Morgan fingerprint density at radius 3 is 1.98 bits per heavy atom. The third-order valence-corrected chi connectivity index (χ3v) is 19.2. The Balaban J connectivity index is 1.08. The van der Waals surface area contributed by atoms with Crippen LogP contribution in [-0.4, -0.2) is 174 Å². The van der Waals surface area contributed by atoms with E-state index in [-0.39, 0.29) is 51.4 Å². The van der Waals surface area contributed by atoms with Gasteiger partial charge in [0.15, 0.2) is 25.0 Å². The van der Waals surface area contributed by atoms with Crippen molar-refractivity contribution >= 4 is 11.8 Å². The van der Waals surface area contributed by atoms with E-state index in [0.29, 0.717) is 25.0 Å². The SMILES string of the molecule is C[C@@H]1O[C@@H](O[C@H]2[C@H](O[C@H]3[C@H](O[C@H]4CC[C@@]5(C)C(CC[C@]6(C)C5CC=C5[C@@H]7CC(C)(C)CC(=O)[C@]7(C)CC[C@]56C)[C@@]4(C)CO)O[C@H](C(=O)O)[C@@H](O)[C@@H]3O)O[C@H](CO)[C@H](O)[C@@H]2O)[C@H](O)[C@H](O)[C@H]1O. The number of allylic oxidation sites excluding steroid dienone is 2. The summed E-state index contributed by atoms with van der Waals surface area (Å²) >= 11 is 0. The van der Waals surface area contributed by atoms with Crippen LogP contribution in [-0.2, 0) is 38.0 Å². The molecule has 0 bridgehead atoms. The number of rotatable bonds is 9. The van der Waals surface area contributed by atoms with Crippen molar-refractivity contribution in [1.29, 1.82) is 0 Å². The highest BCUT2D eigenvalue weighted by molar-refractivity contribution is 5.87. The van der Waals surface area contributed by atoms with Crippen molar-refractivity contribution in [3.63, 3.8) is 0 Å². The minimum Gasteiger partial charge on any atom is -0.479 e. The number of carbonyl (C=O) groups is 2. The van der Waals surface area contributed by atoms with Gasteiger partial charge in [-0.1, -0.05) is 60.1 Å². The standard InChI is InChI=1S/C48H76O18/c1-21-29(52)31(54)35(58)40(61-21)65-37-32(55)30(53)24(19-49)62-41(37)66-38-34(57)33(56)36(39(59)60)64-42(38)63-28-12-13-45(5)25(46(28,6)20-50)11-14-48(8)26(45)10-9-22-23-17-43(2,3)18-27(51)44(23,4)15-16-47(22,48)7/h9,21,23-26,28-38,40-42,49-50,52-58H,10-20H2,1-8H3,(H,59,60)/t21-,23-,24+,25?,26?,28-,29-,30-,31+,32-,33-,34-,35+,36-,37+,38+,40-,41-,42+,44+,45-,46+,47+,48+/m0/s1. The Morgan fingerprint density at radius 1 is 0.712 bits per heavy atom. The third-order valence-electron chi connectivity index (χ3n) is 19.2. The molecule has 3 aliphatic heterocycles. The van der Waals surface area contributed by atoms with E-state index in [1.54, 1.807) is 0 Å². The van der Waals surface area contributed by atoms with Gasteiger partial charge in [-0.15, -0.1) is 0 Å². The van der Waals surface area contributed by atoms with Crippen molar-refractivity contribution < 1.29 is 89.1 Å². The Labute approximate surface area is 386 Å². The van der Waals surface area contributed by atoms with Gasteiger partial charge < -0.3 is 79.5 Å². The first kappa shape index (κ1) is 50.7. The molecule has 0 radical (unpaired) electrons. The second-order valence-corrected chi connectivity index (χ2v) is 23.4. The number of ketones is 1. The molecule has 0 amide bonds. The minimum atomic E-state index is -2.07. The number of carboxylic acid groups (broad SMARTS) is 1. The lowest BCUT2D eigenvalue weighted by Crippen LogP contribution is -2.68. The smallest absolute Gasteiger partial charge is 0.335 e. The molecular weight excluding hydrogens is 865 g/mol. The molecule has 18 nitrogen and oxygen atoms in total. The average Bonchev–Trinajstić information content (AvgIpc) is 3.25. The molecular formula is C48H76O18. The first-order chi connectivity index (χ1) is 30.7. The van der Waals surface area contributed by atoms with E-state index in [0.717, 1.165) is 38.5 Å². The van der Waals surface area contributed by atoms with Crippen LogP contribution in [0.25, 0.3) is 0 Å². The summed E-state index contributed by atoms with van der Waals surface area (Å²) < 4.78 is 36.2. The molecule has 3 heterocycles. The number of aliphatic hydroxyl groups is 9. The van der Waals surface area contributed by atoms with E-state index in [2.05, 4.69) is 47.6 Å². The van der Waals surface area contributed by atoms with E-state index in [9.17, 15) is 60.7 Å². The Kier molecular flexibility index (Phi) is 13.5. The number of hydrogen-bond donors (Lipinski definition) is 10. The number of fused-ring (bicyclic) bond motifs is 7. The van der Waals surface area contributed by atoms with Gasteiger partial charge in [0, 0.05) is 17.3 Å². The zero-order valence-electron chi connectivity index (χ0n) is 39.6. The molecule has 10 N–H and O–H groups in total. The predicted octanol–water partition coefficient (Wildman–Crippen LogP) is 0.913.